The van der Waals surface area contributed by atoms with Gasteiger partial charge in [-0.1, -0.05) is 128 Å². The second-order valence-corrected chi connectivity index (χ2v) is 17.4. The molecule has 316 valence electrons. The van der Waals surface area contributed by atoms with Crippen LogP contribution in [0, 0.1) is 0 Å². The molecule has 7 heteroatoms. The molecule has 0 aromatic carbocycles. The van der Waals surface area contributed by atoms with Crippen LogP contribution in [-0.2, 0) is 28.6 Å². The molecule has 2 aliphatic rings. The second-order valence-electron chi connectivity index (χ2n) is 17.4. The molecule has 0 amide bonds. The average Bonchev–Trinajstić information content (AvgIpc) is 3.16. The number of unbranched alkanes of at least 4 members (excludes halogenated alkanes) is 2. The summed E-state index contributed by atoms with van der Waals surface area (Å²) in [6.07, 6.45) is 41.6. The molecular formula is C47H87NO6. The molecular weight excluding hydrogens is 675 g/mol. The molecule has 0 atom stereocenters. The van der Waals surface area contributed by atoms with Crippen molar-refractivity contribution in [2.75, 3.05) is 20.6 Å². The van der Waals surface area contributed by atoms with Crippen LogP contribution in [0.4, 0.5) is 0 Å². The van der Waals surface area contributed by atoms with E-state index in [1.807, 2.05) is 14.1 Å². The molecule has 2 saturated carbocycles. The van der Waals surface area contributed by atoms with E-state index in [4.69, 9.17) is 14.2 Å². The van der Waals surface area contributed by atoms with Gasteiger partial charge in [-0.15, -0.1) is 0 Å². The topological polar surface area (TPSA) is 82.1 Å². The van der Waals surface area contributed by atoms with Crippen molar-refractivity contribution in [2.24, 2.45) is 0 Å². The van der Waals surface area contributed by atoms with Gasteiger partial charge < -0.3 is 19.1 Å². The number of rotatable bonds is 17. The van der Waals surface area contributed by atoms with Gasteiger partial charge >= 0.3 is 17.9 Å². The third-order valence-corrected chi connectivity index (χ3v) is 11.8. The largest absolute Gasteiger partial charge is 0.462 e. The van der Waals surface area contributed by atoms with Gasteiger partial charge in [0.1, 0.15) is 18.3 Å². The normalized spacial score (nSPS) is 19.6. The Hall–Kier alpha value is -1.63. The van der Waals surface area contributed by atoms with E-state index in [-0.39, 0.29) is 36.2 Å². The van der Waals surface area contributed by atoms with Gasteiger partial charge in [-0.2, -0.15) is 0 Å². The van der Waals surface area contributed by atoms with Crippen molar-refractivity contribution in [3.8, 4) is 0 Å². The van der Waals surface area contributed by atoms with Crippen molar-refractivity contribution >= 4 is 17.9 Å². The Labute approximate surface area is 333 Å². The summed E-state index contributed by atoms with van der Waals surface area (Å²) in [6.45, 7) is 0.853. The average molecular weight is 762 g/mol. The number of hydrogen-bond acceptors (Lipinski definition) is 7. The molecule has 0 radical (unpaired) electrons. The summed E-state index contributed by atoms with van der Waals surface area (Å²) in [7, 11) is 4.03. The van der Waals surface area contributed by atoms with Crippen molar-refractivity contribution in [3.05, 3.63) is 0 Å². The minimum atomic E-state index is -0.184. The van der Waals surface area contributed by atoms with E-state index in [0.29, 0.717) is 19.3 Å². The molecule has 0 unspecified atom stereocenters. The van der Waals surface area contributed by atoms with E-state index in [9.17, 15) is 14.4 Å². The summed E-state index contributed by atoms with van der Waals surface area (Å²) < 4.78 is 18.1. The highest BCUT2D eigenvalue weighted by Crippen LogP contribution is 2.22. The predicted molar refractivity (Wildman–Crippen MR) is 224 cm³/mol. The quantitative estimate of drug-likeness (QED) is 0.0829. The molecule has 0 aromatic rings. The molecule has 0 N–H and O–H groups in total. The molecule has 2 fully saturated rings. The van der Waals surface area contributed by atoms with Crippen molar-refractivity contribution in [3.63, 3.8) is 0 Å². The van der Waals surface area contributed by atoms with Gasteiger partial charge in [-0.3, -0.25) is 14.4 Å². The summed E-state index contributed by atoms with van der Waals surface area (Å²) >= 11 is 0. The Balaban J connectivity index is 1.76. The zero-order chi connectivity index (χ0) is 38.7. The number of hydrogen-bond donors (Lipinski definition) is 0. The molecule has 0 aromatic heterocycles. The zero-order valence-electron chi connectivity index (χ0n) is 35.7. The van der Waals surface area contributed by atoms with E-state index in [1.54, 1.807) is 0 Å². The first kappa shape index (κ1) is 48.5. The predicted octanol–water partition coefficient (Wildman–Crippen LogP) is 13.1. The Morgan fingerprint density at radius 2 is 0.722 bits per heavy atom. The van der Waals surface area contributed by atoms with Crippen molar-refractivity contribution in [1.29, 1.82) is 0 Å². The maximum atomic E-state index is 12.9. The van der Waals surface area contributed by atoms with Crippen LogP contribution in [0.15, 0.2) is 0 Å². The highest BCUT2D eigenvalue weighted by Gasteiger charge is 2.19. The van der Waals surface area contributed by atoms with Gasteiger partial charge in [0.05, 0.1) is 0 Å². The van der Waals surface area contributed by atoms with Gasteiger partial charge in [0.25, 0.3) is 0 Å². The van der Waals surface area contributed by atoms with Crippen molar-refractivity contribution in [1.82, 2.24) is 4.90 Å². The summed E-state index contributed by atoms with van der Waals surface area (Å²) in [6, 6.07) is 0. The highest BCUT2D eigenvalue weighted by molar-refractivity contribution is 5.70. The Bertz CT molecular complexity index is 819. The molecule has 0 saturated heterocycles. The maximum absolute atomic E-state index is 12.9. The summed E-state index contributed by atoms with van der Waals surface area (Å²) in [5.74, 6) is -0.289. The summed E-state index contributed by atoms with van der Waals surface area (Å²) in [5.41, 5.74) is 0. The molecule has 54 heavy (non-hydrogen) atoms. The van der Waals surface area contributed by atoms with Gasteiger partial charge in [-0.05, 0) is 117 Å². The van der Waals surface area contributed by atoms with Crippen LogP contribution in [0.2, 0.25) is 0 Å². The number of ether oxygens (including phenoxy) is 3. The smallest absolute Gasteiger partial charge is 0.306 e. The first-order valence-corrected chi connectivity index (χ1v) is 23.7. The van der Waals surface area contributed by atoms with Crippen molar-refractivity contribution < 1.29 is 28.6 Å². The standard InChI is InChI=1S/C47H87NO6/c1-48(2)41-31-40-47(51)54-44(36-27-29-38-45(49)52-42-32-23-19-15-11-7-3-4-8-12-16-20-24-33-42)37-28-30-39-46(50)53-43-34-25-21-17-13-9-5-6-10-14-18-22-26-35-43/h42-44H,3-41H2,1-2H3. The van der Waals surface area contributed by atoms with Crippen LogP contribution in [0.25, 0.3) is 0 Å². The lowest BCUT2D eigenvalue weighted by Crippen LogP contribution is -2.21. The zero-order valence-corrected chi connectivity index (χ0v) is 35.7. The second kappa shape index (κ2) is 34.6. The Kier molecular flexibility index (Phi) is 31.1. The lowest BCUT2D eigenvalue weighted by molar-refractivity contribution is -0.152. The van der Waals surface area contributed by atoms with Crippen LogP contribution in [0.5, 0.6) is 0 Å². The van der Waals surface area contributed by atoms with Crippen LogP contribution in [0.3, 0.4) is 0 Å². The van der Waals surface area contributed by atoms with Crippen LogP contribution in [-0.4, -0.2) is 61.8 Å². The molecule has 2 aliphatic carbocycles. The fourth-order valence-electron chi connectivity index (χ4n) is 8.37. The molecule has 0 aliphatic heterocycles. The van der Waals surface area contributed by atoms with Crippen LogP contribution in [0.1, 0.15) is 244 Å². The molecule has 0 bridgehead atoms. The van der Waals surface area contributed by atoms with Gasteiger partial charge in [-0.25, -0.2) is 0 Å². The minimum absolute atomic E-state index is 0.0549. The first-order chi connectivity index (χ1) is 26.4. The van der Waals surface area contributed by atoms with Crippen molar-refractivity contribution in [2.45, 2.75) is 262 Å². The molecule has 7 nitrogen and oxygen atoms in total. The third-order valence-electron chi connectivity index (χ3n) is 11.8. The van der Waals surface area contributed by atoms with Gasteiger partial charge in [0.15, 0.2) is 0 Å². The number of esters is 3. The van der Waals surface area contributed by atoms with E-state index in [2.05, 4.69) is 4.90 Å². The third kappa shape index (κ3) is 29.6. The summed E-state index contributed by atoms with van der Waals surface area (Å²) in [5, 5.41) is 0. The first-order valence-electron chi connectivity index (χ1n) is 23.7. The SMILES string of the molecule is CN(C)CCCC(=O)OC(CCCCC(=O)OC1CCCCCCCCCCCCCC1)CCCCC(=O)OC1CCCCCCCCCCCCCC1. The lowest BCUT2D eigenvalue weighted by atomic mass is 10.0. The molecule has 2 rings (SSSR count). The van der Waals surface area contributed by atoms with E-state index in [1.165, 1.54) is 128 Å². The fraction of sp³-hybridized carbons (Fsp3) is 0.936. The fourth-order valence-corrected chi connectivity index (χ4v) is 8.37. The summed E-state index contributed by atoms with van der Waals surface area (Å²) in [4.78, 5) is 40.7. The number of carbonyl (C=O) groups is 3. The minimum Gasteiger partial charge on any atom is -0.462 e. The van der Waals surface area contributed by atoms with E-state index in [0.717, 1.165) is 103 Å². The Morgan fingerprint density at radius 1 is 0.426 bits per heavy atom. The number of carbonyl (C=O) groups excluding carboxylic acids is 3. The monoisotopic (exact) mass is 762 g/mol. The maximum Gasteiger partial charge on any atom is 0.306 e. The van der Waals surface area contributed by atoms with E-state index < -0.39 is 0 Å². The van der Waals surface area contributed by atoms with Crippen LogP contribution >= 0.6 is 0 Å². The molecule has 0 spiro atoms. The van der Waals surface area contributed by atoms with Gasteiger partial charge in [0, 0.05) is 19.3 Å². The van der Waals surface area contributed by atoms with Gasteiger partial charge in [0.2, 0.25) is 0 Å². The lowest BCUT2D eigenvalue weighted by Gasteiger charge is -2.20. The van der Waals surface area contributed by atoms with Crippen LogP contribution < -0.4 is 0 Å². The highest BCUT2D eigenvalue weighted by atomic mass is 16.6. The Morgan fingerprint density at radius 3 is 1.04 bits per heavy atom. The van der Waals surface area contributed by atoms with E-state index >= 15 is 0 Å². The number of nitrogens with zero attached hydrogens (tertiary/aromatic N) is 1. The molecule has 0 heterocycles.